The summed E-state index contributed by atoms with van der Waals surface area (Å²) in [6, 6.07) is 10.6. The molecule has 3 nitrogen and oxygen atoms in total. The largest absolute Gasteiger partial charge is 0.454 e. The molecule has 0 amide bonds. The highest BCUT2D eigenvalue weighted by Crippen LogP contribution is 2.33. The first-order chi connectivity index (χ1) is 10.6. The summed E-state index contributed by atoms with van der Waals surface area (Å²) >= 11 is 6.02. The molecule has 0 radical (unpaired) electrons. The van der Waals surface area contributed by atoms with Crippen LogP contribution in [0.15, 0.2) is 42.6 Å². The van der Waals surface area contributed by atoms with Gasteiger partial charge in [0.2, 0.25) is 0 Å². The first-order valence-corrected chi connectivity index (χ1v) is 7.32. The van der Waals surface area contributed by atoms with Gasteiger partial charge in [-0.1, -0.05) is 17.7 Å². The second kappa shape index (κ2) is 5.99. The van der Waals surface area contributed by atoms with Crippen molar-refractivity contribution in [2.75, 3.05) is 7.05 Å². The molecule has 0 fully saturated rings. The minimum atomic E-state index is -0.367. The summed E-state index contributed by atoms with van der Waals surface area (Å²) in [6.07, 6.45) is 1.82. The van der Waals surface area contributed by atoms with Gasteiger partial charge in [0, 0.05) is 35.8 Å². The van der Waals surface area contributed by atoms with E-state index in [1.807, 2.05) is 37.0 Å². The molecule has 1 aromatic heterocycles. The number of halogens is 2. The lowest BCUT2D eigenvalue weighted by Gasteiger charge is -2.12. The lowest BCUT2D eigenvalue weighted by molar-refractivity contribution is 0.440. The average molecular weight is 319 g/mol. The molecule has 0 spiro atoms. The predicted molar refractivity (Wildman–Crippen MR) is 87.2 cm³/mol. The van der Waals surface area contributed by atoms with Gasteiger partial charge in [0.1, 0.15) is 5.75 Å². The zero-order chi connectivity index (χ0) is 15.7. The Bertz CT molecular complexity index is 829. The van der Waals surface area contributed by atoms with Crippen LogP contribution >= 0.6 is 11.6 Å². The zero-order valence-electron chi connectivity index (χ0n) is 12.4. The predicted octanol–water partition coefficient (Wildman–Crippen LogP) is 4.48. The average Bonchev–Trinajstić information content (AvgIpc) is 2.87. The Morgan fingerprint density at radius 2 is 2.00 bits per heavy atom. The van der Waals surface area contributed by atoms with Gasteiger partial charge in [0.05, 0.1) is 5.52 Å². The van der Waals surface area contributed by atoms with Crippen LogP contribution in [0, 0.1) is 5.82 Å². The van der Waals surface area contributed by atoms with Crippen molar-refractivity contribution < 1.29 is 9.13 Å². The molecule has 3 rings (SSSR count). The summed E-state index contributed by atoms with van der Waals surface area (Å²) in [5.74, 6) is 0.378. The zero-order valence-corrected chi connectivity index (χ0v) is 13.1. The van der Waals surface area contributed by atoms with Gasteiger partial charge >= 0.3 is 0 Å². The third-order valence-electron chi connectivity index (χ3n) is 3.58. The summed E-state index contributed by atoms with van der Waals surface area (Å²) in [6.45, 7) is 0.613. The molecule has 0 bridgehead atoms. The number of hydrogen-bond donors (Lipinski definition) is 1. The number of ether oxygens (including phenoxy) is 1. The number of aryl methyl sites for hydroxylation is 1. The number of aromatic nitrogens is 1. The van der Waals surface area contributed by atoms with E-state index < -0.39 is 0 Å². The maximum absolute atomic E-state index is 14.6. The third-order valence-corrected chi connectivity index (χ3v) is 3.82. The van der Waals surface area contributed by atoms with E-state index in [1.165, 1.54) is 0 Å². The van der Waals surface area contributed by atoms with E-state index in [9.17, 15) is 4.39 Å². The first-order valence-electron chi connectivity index (χ1n) is 6.94. The molecule has 0 unspecified atom stereocenters. The van der Waals surface area contributed by atoms with Gasteiger partial charge in [-0.05, 0) is 37.4 Å². The molecule has 114 valence electrons. The SMILES string of the molecule is CNCc1ccc(Cl)cc1Oc1ccc2c(ccn2C)c1F. The van der Waals surface area contributed by atoms with Gasteiger partial charge < -0.3 is 14.6 Å². The summed E-state index contributed by atoms with van der Waals surface area (Å²) in [7, 11) is 3.72. The van der Waals surface area contributed by atoms with E-state index in [0.29, 0.717) is 22.7 Å². The van der Waals surface area contributed by atoms with Gasteiger partial charge in [0.25, 0.3) is 0 Å². The fourth-order valence-corrected chi connectivity index (χ4v) is 2.61. The van der Waals surface area contributed by atoms with Gasteiger partial charge in [0.15, 0.2) is 11.6 Å². The van der Waals surface area contributed by atoms with Crippen molar-refractivity contribution in [3.05, 3.63) is 59.0 Å². The summed E-state index contributed by atoms with van der Waals surface area (Å²) in [5.41, 5.74) is 1.74. The molecule has 22 heavy (non-hydrogen) atoms. The molecule has 0 saturated heterocycles. The molecule has 0 saturated carbocycles. The fourth-order valence-electron chi connectivity index (χ4n) is 2.45. The van der Waals surface area contributed by atoms with E-state index in [2.05, 4.69) is 5.32 Å². The van der Waals surface area contributed by atoms with E-state index in [0.717, 1.165) is 11.1 Å². The van der Waals surface area contributed by atoms with Crippen molar-refractivity contribution in [1.29, 1.82) is 0 Å². The molecule has 0 aliphatic carbocycles. The van der Waals surface area contributed by atoms with Crippen molar-refractivity contribution in [2.45, 2.75) is 6.54 Å². The molecule has 1 N–H and O–H groups in total. The summed E-state index contributed by atoms with van der Waals surface area (Å²) < 4.78 is 22.3. The molecule has 1 heterocycles. The Labute approximate surface area is 133 Å². The van der Waals surface area contributed by atoms with Crippen LogP contribution < -0.4 is 10.1 Å². The maximum Gasteiger partial charge on any atom is 0.175 e. The maximum atomic E-state index is 14.6. The molecule has 0 atom stereocenters. The van der Waals surface area contributed by atoms with Crippen molar-refractivity contribution in [3.63, 3.8) is 0 Å². The van der Waals surface area contributed by atoms with Gasteiger partial charge in [-0.15, -0.1) is 0 Å². The van der Waals surface area contributed by atoms with Crippen LogP contribution in [-0.4, -0.2) is 11.6 Å². The Morgan fingerprint density at radius 3 is 2.77 bits per heavy atom. The van der Waals surface area contributed by atoms with E-state index in [-0.39, 0.29) is 11.6 Å². The fraction of sp³-hybridized carbons (Fsp3) is 0.176. The van der Waals surface area contributed by atoms with Crippen LogP contribution in [0.25, 0.3) is 10.9 Å². The van der Waals surface area contributed by atoms with Crippen LogP contribution in [-0.2, 0) is 13.6 Å². The minimum Gasteiger partial charge on any atom is -0.454 e. The Morgan fingerprint density at radius 1 is 1.18 bits per heavy atom. The molecule has 3 aromatic rings. The molecule has 2 aromatic carbocycles. The summed E-state index contributed by atoms with van der Waals surface area (Å²) in [4.78, 5) is 0. The Hall–Kier alpha value is -2.04. The van der Waals surface area contributed by atoms with Crippen LogP contribution in [0.5, 0.6) is 11.5 Å². The van der Waals surface area contributed by atoms with E-state index >= 15 is 0 Å². The molecular weight excluding hydrogens is 303 g/mol. The standard InChI is InChI=1S/C17H16ClFN2O/c1-20-10-11-3-4-12(18)9-16(11)22-15-6-5-14-13(17(15)19)7-8-21(14)2/h3-9,20H,10H2,1-2H3. The Kier molecular flexibility index (Phi) is 4.05. The van der Waals surface area contributed by atoms with Crippen molar-refractivity contribution >= 4 is 22.5 Å². The van der Waals surface area contributed by atoms with Gasteiger partial charge in [-0.2, -0.15) is 0 Å². The number of benzene rings is 2. The minimum absolute atomic E-state index is 0.193. The van der Waals surface area contributed by atoms with E-state index in [4.69, 9.17) is 16.3 Å². The number of hydrogen-bond acceptors (Lipinski definition) is 2. The molecule has 0 aliphatic rings. The number of fused-ring (bicyclic) bond motifs is 1. The highest BCUT2D eigenvalue weighted by Gasteiger charge is 2.13. The number of nitrogens with one attached hydrogen (secondary N) is 1. The second-order valence-electron chi connectivity index (χ2n) is 5.12. The molecular formula is C17H16ClFN2O. The van der Waals surface area contributed by atoms with Crippen LogP contribution in [0.4, 0.5) is 4.39 Å². The third kappa shape index (κ3) is 2.67. The first kappa shape index (κ1) is 14.9. The molecule has 5 heteroatoms. The van der Waals surface area contributed by atoms with Crippen molar-refractivity contribution in [2.24, 2.45) is 7.05 Å². The smallest absolute Gasteiger partial charge is 0.175 e. The number of nitrogens with zero attached hydrogens (tertiary/aromatic N) is 1. The summed E-state index contributed by atoms with van der Waals surface area (Å²) in [5, 5.41) is 4.15. The number of rotatable bonds is 4. The van der Waals surface area contributed by atoms with Crippen molar-refractivity contribution in [3.8, 4) is 11.5 Å². The van der Waals surface area contributed by atoms with Crippen molar-refractivity contribution in [1.82, 2.24) is 9.88 Å². The molecule has 0 aliphatic heterocycles. The normalized spacial score (nSPS) is 11.1. The van der Waals surface area contributed by atoms with Crippen LogP contribution in [0.1, 0.15) is 5.56 Å². The quantitative estimate of drug-likeness (QED) is 0.767. The lowest BCUT2D eigenvalue weighted by atomic mass is 10.2. The highest BCUT2D eigenvalue weighted by molar-refractivity contribution is 6.30. The lowest BCUT2D eigenvalue weighted by Crippen LogP contribution is -2.06. The second-order valence-corrected chi connectivity index (χ2v) is 5.56. The van der Waals surface area contributed by atoms with Gasteiger partial charge in [-0.25, -0.2) is 4.39 Å². The van der Waals surface area contributed by atoms with E-state index in [1.54, 1.807) is 24.3 Å². The Balaban J connectivity index is 2.03. The monoisotopic (exact) mass is 318 g/mol. The van der Waals surface area contributed by atoms with Crippen LogP contribution in [0.2, 0.25) is 5.02 Å². The van der Waals surface area contributed by atoms with Crippen LogP contribution in [0.3, 0.4) is 0 Å². The topological polar surface area (TPSA) is 26.2 Å². The van der Waals surface area contributed by atoms with Gasteiger partial charge in [-0.3, -0.25) is 0 Å². The highest BCUT2D eigenvalue weighted by atomic mass is 35.5.